The van der Waals surface area contributed by atoms with Gasteiger partial charge in [-0.15, -0.1) is 0 Å². The van der Waals surface area contributed by atoms with Gasteiger partial charge in [-0.3, -0.25) is 4.79 Å². The second-order valence-corrected chi connectivity index (χ2v) is 6.53. The predicted octanol–water partition coefficient (Wildman–Crippen LogP) is 4.05. The zero-order valence-corrected chi connectivity index (χ0v) is 13.8. The molecule has 25 heavy (non-hydrogen) atoms. The first-order valence-corrected chi connectivity index (χ1v) is 8.70. The molecule has 3 heterocycles. The second-order valence-electron chi connectivity index (χ2n) is 5.75. The van der Waals surface area contributed by atoms with Crippen molar-refractivity contribution in [1.29, 1.82) is 0 Å². The number of likely N-dealkylation sites (tertiary alicyclic amines) is 1. The van der Waals surface area contributed by atoms with E-state index >= 15 is 0 Å². The van der Waals surface area contributed by atoms with E-state index in [1.54, 1.807) is 16.3 Å². The standard InChI is InChI=1S/C17H13F2N3O2S/c18-11-3-4-12(13(19)8-11)15-20-16(24-21-15)14-2-1-6-22(14)17(23)10-5-7-25-9-10/h3-5,7-9,14H,1-2,6H2/t14-/m1/s1. The van der Waals surface area contributed by atoms with Crippen molar-refractivity contribution < 1.29 is 18.1 Å². The van der Waals surface area contributed by atoms with Gasteiger partial charge in [0.15, 0.2) is 0 Å². The topological polar surface area (TPSA) is 59.2 Å². The molecule has 3 aromatic rings. The quantitative estimate of drug-likeness (QED) is 0.706. The summed E-state index contributed by atoms with van der Waals surface area (Å²) in [6.45, 7) is 0.599. The molecule has 1 amide bonds. The molecule has 1 aliphatic heterocycles. The van der Waals surface area contributed by atoms with E-state index in [1.165, 1.54) is 17.4 Å². The van der Waals surface area contributed by atoms with E-state index in [9.17, 15) is 13.6 Å². The third kappa shape index (κ3) is 2.93. The highest BCUT2D eigenvalue weighted by molar-refractivity contribution is 7.08. The van der Waals surface area contributed by atoms with Crippen molar-refractivity contribution >= 4 is 17.2 Å². The van der Waals surface area contributed by atoms with Gasteiger partial charge in [0.05, 0.1) is 11.1 Å². The van der Waals surface area contributed by atoms with Crippen LogP contribution in [0.3, 0.4) is 0 Å². The van der Waals surface area contributed by atoms with E-state index in [4.69, 9.17) is 4.52 Å². The Morgan fingerprint density at radius 1 is 1.32 bits per heavy atom. The molecule has 2 aromatic heterocycles. The van der Waals surface area contributed by atoms with Crippen LogP contribution in [-0.2, 0) is 0 Å². The number of halogens is 2. The third-order valence-electron chi connectivity index (χ3n) is 4.18. The summed E-state index contributed by atoms with van der Waals surface area (Å²) in [6.07, 6.45) is 1.52. The summed E-state index contributed by atoms with van der Waals surface area (Å²) in [4.78, 5) is 18.5. The third-order valence-corrected chi connectivity index (χ3v) is 4.86. The average molecular weight is 361 g/mol. The molecule has 1 saturated heterocycles. The average Bonchev–Trinajstić information content (AvgIpc) is 3.34. The normalized spacial score (nSPS) is 17.2. The van der Waals surface area contributed by atoms with Crippen LogP contribution in [0.15, 0.2) is 39.5 Å². The van der Waals surface area contributed by atoms with Gasteiger partial charge >= 0.3 is 0 Å². The number of amides is 1. The maximum atomic E-state index is 13.9. The molecule has 1 aromatic carbocycles. The van der Waals surface area contributed by atoms with E-state index < -0.39 is 11.6 Å². The molecule has 128 valence electrons. The van der Waals surface area contributed by atoms with Gasteiger partial charge in [-0.05, 0) is 36.4 Å². The van der Waals surface area contributed by atoms with Crippen molar-refractivity contribution in [2.24, 2.45) is 0 Å². The Bertz CT molecular complexity index is 911. The fourth-order valence-corrected chi connectivity index (χ4v) is 3.60. The van der Waals surface area contributed by atoms with Gasteiger partial charge in [0.1, 0.15) is 17.7 Å². The minimum absolute atomic E-state index is 0.0438. The summed E-state index contributed by atoms with van der Waals surface area (Å²) in [6, 6.07) is 4.61. The first kappa shape index (κ1) is 15.9. The van der Waals surface area contributed by atoms with Gasteiger partial charge in [0.2, 0.25) is 11.7 Å². The molecule has 4 rings (SSSR count). The van der Waals surface area contributed by atoms with Crippen LogP contribution in [0, 0.1) is 11.6 Å². The zero-order valence-electron chi connectivity index (χ0n) is 13.0. The van der Waals surface area contributed by atoms with Crippen molar-refractivity contribution in [1.82, 2.24) is 15.0 Å². The molecule has 0 radical (unpaired) electrons. The lowest BCUT2D eigenvalue weighted by Crippen LogP contribution is -2.30. The van der Waals surface area contributed by atoms with Crippen LogP contribution in [0.4, 0.5) is 8.78 Å². The summed E-state index contributed by atoms with van der Waals surface area (Å²) in [5, 5.41) is 7.44. The fourth-order valence-electron chi connectivity index (χ4n) is 2.97. The van der Waals surface area contributed by atoms with Gasteiger partial charge in [0, 0.05) is 18.0 Å². The van der Waals surface area contributed by atoms with Crippen LogP contribution in [0.5, 0.6) is 0 Å². The maximum Gasteiger partial charge on any atom is 0.255 e. The summed E-state index contributed by atoms with van der Waals surface area (Å²) in [5.74, 6) is -1.21. The van der Waals surface area contributed by atoms with Crippen molar-refractivity contribution in [3.05, 3.63) is 58.1 Å². The summed E-state index contributed by atoms with van der Waals surface area (Å²) in [7, 11) is 0. The molecule has 5 nitrogen and oxygen atoms in total. The Labute approximate surface area is 145 Å². The van der Waals surface area contributed by atoms with Gasteiger partial charge in [-0.25, -0.2) is 8.78 Å². The van der Waals surface area contributed by atoms with Gasteiger partial charge < -0.3 is 9.42 Å². The monoisotopic (exact) mass is 361 g/mol. The predicted molar refractivity (Wildman–Crippen MR) is 87.0 cm³/mol. The lowest BCUT2D eigenvalue weighted by molar-refractivity contribution is 0.0710. The molecule has 0 saturated carbocycles. The summed E-state index contributed by atoms with van der Waals surface area (Å²) >= 11 is 1.46. The number of thiophene rings is 1. The number of rotatable bonds is 3. The van der Waals surface area contributed by atoms with Crippen molar-refractivity contribution in [3.63, 3.8) is 0 Å². The number of nitrogens with zero attached hydrogens (tertiary/aromatic N) is 3. The highest BCUT2D eigenvalue weighted by Crippen LogP contribution is 2.33. The molecule has 1 fully saturated rings. The van der Waals surface area contributed by atoms with Crippen LogP contribution < -0.4 is 0 Å². The molecular weight excluding hydrogens is 348 g/mol. The van der Waals surface area contributed by atoms with Gasteiger partial charge in [-0.1, -0.05) is 5.16 Å². The Balaban J connectivity index is 1.62. The number of benzene rings is 1. The minimum atomic E-state index is -0.759. The molecule has 1 atom stereocenters. The lowest BCUT2D eigenvalue weighted by atomic mass is 10.2. The molecule has 0 spiro atoms. The summed E-state index contributed by atoms with van der Waals surface area (Å²) < 4.78 is 32.2. The largest absolute Gasteiger partial charge is 0.337 e. The first-order chi connectivity index (χ1) is 12.1. The van der Waals surface area contributed by atoms with E-state index in [0.29, 0.717) is 18.5 Å². The fraction of sp³-hybridized carbons (Fsp3) is 0.235. The van der Waals surface area contributed by atoms with Crippen LogP contribution in [-0.4, -0.2) is 27.5 Å². The number of hydrogen-bond donors (Lipinski definition) is 0. The maximum absolute atomic E-state index is 13.9. The lowest BCUT2D eigenvalue weighted by Gasteiger charge is -2.21. The Morgan fingerprint density at radius 2 is 2.20 bits per heavy atom. The van der Waals surface area contributed by atoms with E-state index in [2.05, 4.69) is 10.1 Å². The number of carbonyl (C=O) groups is 1. The number of aromatic nitrogens is 2. The van der Waals surface area contributed by atoms with Crippen LogP contribution in [0.25, 0.3) is 11.4 Å². The van der Waals surface area contributed by atoms with Gasteiger partial charge in [0.25, 0.3) is 5.91 Å². The van der Waals surface area contributed by atoms with Crippen LogP contribution >= 0.6 is 11.3 Å². The Hall–Kier alpha value is -2.61. The van der Waals surface area contributed by atoms with E-state index in [-0.39, 0.29) is 29.2 Å². The van der Waals surface area contributed by atoms with Crippen LogP contribution in [0.2, 0.25) is 0 Å². The first-order valence-electron chi connectivity index (χ1n) is 7.75. The molecule has 0 aliphatic carbocycles. The highest BCUT2D eigenvalue weighted by Gasteiger charge is 2.34. The smallest absolute Gasteiger partial charge is 0.255 e. The van der Waals surface area contributed by atoms with E-state index in [1.807, 2.05) is 5.38 Å². The second kappa shape index (κ2) is 6.36. The molecule has 0 unspecified atom stereocenters. The number of carbonyl (C=O) groups excluding carboxylic acids is 1. The van der Waals surface area contributed by atoms with Crippen molar-refractivity contribution in [3.8, 4) is 11.4 Å². The molecule has 0 bridgehead atoms. The van der Waals surface area contributed by atoms with Gasteiger partial charge in [-0.2, -0.15) is 16.3 Å². The van der Waals surface area contributed by atoms with E-state index in [0.717, 1.165) is 18.6 Å². The SMILES string of the molecule is O=C(c1ccsc1)N1CCC[C@@H]1c1nc(-c2ccc(F)cc2F)no1. The zero-order chi connectivity index (χ0) is 17.4. The Morgan fingerprint density at radius 3 is 2.96 bits per heavy atom. The van der Waals surface area contributed by atoms with Crippen molar-refractivity contribution in [2.75, 3.05) is 6.54 Å². The van der Waals surface area contributed by atoms with Crippen LogP contribution in [0.1, 0.15) is 35.1 Å². The molecule has 8 heteroatoms. The van der Waals surface area contributed by atoms with Crippen molar-refractivity contribution in [2.45, 2.75) is 18.9 Å². The Kier molecular flexibility index (Phi) is 4.04. The molecular formula is C17H13F2N3O2S. The molecule has 1 aliphatic rings. The highest BCUT2D eigenvalue weighted by atomic mass is 32.1. The minimum Gasteiger partial charge on any atom is -0.337 e. The summed E-state index contributed by atoms with van der Waals surface area (Å²) in [5.41, 5.74) is 0.686. The molecule has 0 N–H and O–H groups in total. The number of hydrogen-bond acceptors (Lipinski definition) is 5.